The number of ether oxygens (including phenoxy) is 1. The summed E-state index contributed by atoms with van der Waals surface area (Å²) in [6.45, 7) is 12.1. The van der Waals surface area contributed by atoms with Gasteiger partial charge < -0.3 is 19.5 Å². The number of carbonyl (C=O) groups excluding carboxylic acids is 1. The number of nitrogens with zero attached hydrogens (tertiary/aromatic N) is 2. The Kier molecular flexibility index (Phi) is 6.14. The van der Waals surface area contributed by atoms with Crippen molar-refractivity contribution < 1.29 is 9.53 Å². The molecule has 1 aliphatic heterocycles. The zero-order chi connectivity index (χ0) is 22.0. The number of nitrogens with one attached hydrogen (secondary N) is 1. The van der Waals surface area contributed by atoms with Gasteiger partial charge in [0.05, 0.1) is 18.9 Å². The number of benzene rings is 2. The van der Waals surface area contributed by atoms with Crippen molar-refractivity contribution in [3.63, 3.8) is 0 Å². The fourth-order valence-corrected chi connectivity index (χ4v) is 4.53. The molecule has 1 fully saturated rings. The Bertz CT molecular complexity index is 1090. The molecule has 0 aliphatic carbocycles. The van der Waals surface area contributed by atoms with Crippen molar-refractivity contribution in [2.75, 3.05) is 36.5 Å². The summed E-state index contributed by atoms with van der Waals surface area (Å²) in [6.07, 6.45) is 0. The molecule has 2 heterocycles. The Hall–Kier alpha value is -3.05. The second-order valence-corrected chi connectivity index (χ2v) is 8.41. The summed E-state index contributed by atoms with van der Waals surface area (Å²) < 4.78 is 7.72. The van der Waals surface area contributed by atoms with Gasteiger partial charge in [0, 0.05) is 36.6 Å². The van der Waals surface area contributed by atoms with Gasteiger partial charge in [-0.05, 0) is 51.0 Å². The van der Waals surface area contributed by atoms with E-state index in [0.717, 1.165) is 47.0 Å². The van der Waals surface area contributed by atoms with E-state index in [1.807, 2.05) is 31.2 Å². The van der Waals surface area contributed by atoms with Crippen LogP contribution in [0.15, 0.2) is 48.5 Å². The van der Waals surface area contributed by atoms with Crippen molar-refractivity contribution >= 4 is 17.3 Å². The second kappa shape index (κ2) is 8.98. The number of hydrogen-bond donors (Lipinski definition) is 1. The first kappa shape index (κ1) is 21.2. The zero-order valence-electron chi connectivity index (χ0n) is 18.9. The highest BCUT2D eigenvalue weighted by Gasteiger charge is 2.27. The quantitative estimate of drug-likeness (QED) is 0.645. The molecule has 0 bridgehead atoms. The third kappa shape index (κ3) is 4.52. The molecule has 2 aromatic carbocycles. The average Bonchev–Trinajstić information content (AvgIpc) is 2.98. The molecule has 0 spiro atoms. The molecule has 0 radical (unpaired) electrons. The van der Waals surface area contributed by atoms with Crippen molar-refractivity contribution in [3.8, 4) is 0 Å². The van der Waals surface area contributed by atoms with Crippen molar-refractivity contribution in [2.24, 2.45) is 0 Å². The highest BCUT2D eigenvalue weighted by Crippen LogP contribution is 2.33. The lowest BCUT2D eigenvalue weighted by molar-refractivity contribution is 0.101. The van der Waals surface area contributed by atoms with Crippen molar-refractivity contribution in [3.05, 3.63) is 82.2 Å². The standard InChI is InChI=1S/C26H31N3O2/c1-18-7-5-9-22(15-18)17-29-21(4)24(28-11-13-31-14-12-28)20(3)25(29)26(30)27-23-10-6-8-19(2)16-23/h5-10,15-16H,11-14,17H2,1-4H3,(H,27,30). The van der Waals surface area contributed by atoms with Crippen LogP contribution in [0.4, 0.5) is 11.4 Å². The first-order valence-corrected chi connectivity index (χ1v) is 10.9. The minimum Gasteiger partial charge on any atom is -0.378 e. The summed E-state index contributed by atoms with van der Waals surface area (Å²) in [6, 6.07) is 16.4. The predicted octanol–water partition coefficient (Wildman–Crippen LogP) is 4.86. The maximum atomic E-state index is 13.5. The van der Waals surface area contributed by atoms with Crippen LogP contribution in [-0.2, 0) is 11.3 Å². The summed E-state index contributed by atoms with van der Waals surface area (Å²) in [5.74, 6) is -0.0710. The monoisotopic (exact) mass is 417 g/mol. The number of aromatic nitrogens is 1. The molecule has 1 N–H and O–H groups in total. The number of rotatable bonds is 5. The topological polar surface area (TPSA) is 46.5 Å². The highest BCUT2D eigenvalue weighted by molar-refractivity contribution is 6.05. The maximum Gasteiger partial charge on any atom is 0.272 e. The predicted molar refractivity (Wildman–Crippen MR) is 126 cm³/mol. The van der Waals surface area contributed by atoms with Crippen LogP contribution in [0.5, 0.6) is 0 Å². The molecular formula is C26H31N3O2. The first-order chi connectivity index (χ1) is 14.9. The molecule has 3 aromatic rings. The molecule has 162 valence electrons. The normalized spacial score (nSPS) is 14.0. The maximum absolute atomic E-state index is 13.5. The van der Waals surface area contributed by atoms with E-state index in [-0.39, 0.29) is 5.91 Å². The molecule has 5 heteroatoms. The van der Waals surface area contributed by atoms with Gasteiger partial charge >= 0.3 is 0 Å². The minimum atomic E-state index is -0.0710. The lowest BCUT2D eigenvalue weighted by atomic mass is 10.1. The SMILES string of the molecule is Cc1cccc(Cn2c(C)c(N3CCOCC3)c(C)c2C(=O)Nc2cccc(C)c2)c1. The lowest BCUT2D eigenvalue weighted by Crippen LogP contribution is -2.36. The van der Waals surface area contributed by atoms with Gasteiger partial charge in [-0.25, -0.2) is 0 Å². The molecule has 5 nitrogen and oxygen atoms in total. The summed E-state index contributed by atoms with van der Waals surface area (Å²) >= 11 is 0. The van der Waals surface area contributed by atoms with Crippen LogP contribution >= 0.6 is 0 Å². The fraction of sp³-hybridized carbons (Fsp3) is 0.346. The van der Waals surface area contributed by atoms with Gasteiger partial charge in [-0.3, -0.25) is 4.79 Å². The Morgan fingerprint density at radius 2 is 1.65 bits per heavy atom. The summed E-state index contributed by atoms with van der Waals surface area (Å²) in [4.78, 5) is 15.8. The Balaban J connectivity index is 1.76. The van der Waals surface area contributed by atoms with Crippen LogP contribution in [0, 0.1) is 27.7 Å². The van der Waals surface area contributed by atoms with Gasteiger partial charge in [0.1, 0.15) is 5.69 Å². The number of hydrogen-bond acceptors (Lipinski definition) is 3. The summed E-state index contributed by atoms with van der Waals surface area (Å²) in [5.41, 5.74) is 8.38. The van der Waals surface area contributed by atoms with Crippen molar-refractivity contribution in [1.82, 2.24) is 4.57 Å². The van der Waals surface area contributed by atoms with Gasteiger partial charge in [-0.2, -0.15) is 0 Å². The van der Waals surface area contributed by atoms with Gasteiger partial charge in [0.15, 0.2) is 0 Å². The van der Waals surface area contributed by atoms with E-state index in [1.165, 1.54) is 11.1 Å². The Morgan fingerprint density at radius 3 is 2.32 bits per heavy atom. The molecule has 1 amide bonds. The van der Waals surface area contributed by atoms with Crippen LogP contribution in [0.3, 0.4) is 0 Å². The van der Waals surface area contributed by atoms with E-state index in [2.05, 4.69) is 59.8 Å². The van der Waals surface area contributed by atoms with Crippen molar-refractivity contribution in [1.29, 1.82) is 0 Å². The van der Waals surface area contributed by atoms with E-state index in [9.17, 15) is 4.79 Å². The molecule has 4 rings (SSSR count). The first-order valence-electron chi connectivity index (χ1n) is 10.9. The molecule has 0 atom stereocenters. The number of anilines is 2. The molecule has 1 aromatic heterocycles. The zero-order valence-corrected chi connectivity index (χ0v) is 18.9. The number of carbonyl (C=O) groups is 1. The molecule has 0 unspecified atom stereocenters. The molecule has 31 heavy (non-hydrogen) atoms. The van der Waals surface area contributed by atoms with Crippen LogP contribution in [-0.4, -0.2) is 36.8 Å². The third-order valence-corrected chi connectivity index (χ3v) is 5.97. The number of morpholine rings is 1. The molecule has 0 saturated carbocycles. The third-order valence-electron chi connectivity index (χ3n) is 5.97. The van der Waals surface area contributed by atoms with Crippen LogP contribution < -0.4 is 10.2 Å². The largest absolute Gasteiger partial charge is 0.378 e. The van der Waals surface area contributed by atoms with Crippen LogP contribution in [0.25, 0.3) is 0 Å². The van der Waals surface area contributed by atoms with Gasteiger partial charge in [-0.15, -0.1) is 0 Å². The molecule has 1 saturated heterocycles. The van der Waals surface area contributed by atoms with E-state index in [0.29, 0.717) is 19.8 Å². The fourth-order valence-electron chi connectivity index (χ4n) is 4.53. The van der Waals surface area contributed by atoms with Gasteiger partial charge in [0.2, 0.25) is 0 Å². The summed E-state index contributed by atoms with van der Waals surface area (Å²) in [7, 11) is 0. The van der Waals surface area contributed by atoms with Crippen LogP contribution in [0.1, 0.15) is 38.4 Å². The molecular weight excluding hydrogens is 386 g/mol. The van der Waals surface area contributed by atoms with E-state index >= 15 is 0 Å². The minimum absolute atomic E-state index is 0.0710. The molecule has 1 aliphatic rings. The van der Waals surface area contributed by atoms with E-state index in [1.54, 1.807) is 0 Å². The van der Waals surface area contributed by atoms with Gasteiger partial charge in [0.25, 0.3) is 5.91 Å². The van der Waals surface area contributed by atoms with E-state index < -0.39 is 0 Å². The number of aryl methyl sites for hydroxylation is 2. The Labute approximate surface area is 184 Å². The number of amides is 1. The van der Waals surface area contributed by atoms with Crippen molar-refractivity contribution in [2.45, 2.75) is 34.2 Å². The smallest absolute Gasteiger partial charge is 0.272 e. The van der Waals surface area contributed by atoms with Crippen LogP contribution in [0.2, 0.25) is 0 Å². The second-order valence-electron chi connectivity index (χ2n) is 8.41. The average molecular weight is 418 g/mol. The lowest BCUT2D eigenvalue weighted by Gasteiger charge is -2.29. The summed E-state index contributed by atoms with van der Waals surface area (Å²) in [5, 5.41) is 3.12. The highest BCUT2D eigenvalue weighted by atomic mass is 16.5. The van der Waals surface area contributed by atoms with E-state index in [4.69, 9.17) is 4.74 Å². The Morgan fingerprint density at radius 1 is 0.968 bits per heavy atom. The van der Waals surface area contributed by atoms with Gasteiger partial charge in [-0.1, -0.05) is 42.0 Å².